The summed E-state index contributed by atoms with van der Waals surface area (Å²) in [6, 6.07) is 0. The van der Waals surface area contributed by atoms with Crippen LogP contribution in [0.3, 0.4) is 0 Å². The fourth-order valence-corrected chi connectivity index (χ4v) is 0.939. The van der Waals surface area contributed by atoms with Gasteiger partial charge < -0.3 is 0 Å². The van der Waals surface area contributed by atoms with Crippen molar-refractivity contribution < 1.29 is 0 Å². The Bertz CT molecular complexity index is 25.7. The maximum absolute atomic E-state index is 4.14. The molecule has 0 rings (SSSR count). The number of hydrogen-bond donors (Lipinski definition) is 1. The van der Waals surface area contributed by atoms with Gasteiger partial charge in [-0.15, -0.1) is 0 Å². The van der Waals surface area contributed by atoms with Gasteiger partial charge in [0.2, 0.25) is 0 Å². The molecule has 0 aromatic carbocycles. The molecular formula is C6H13S. The molecule has 1 unspecified atom stereocenters. The Kier molecular flexibility index (Phi) is 4.73. The molecule has 0 nitrogen and oxygen atoms in total. The summed E-state index contributed by atoms with van der Waals surface area (Å²) in [5.41, 5.74) is 0. The standard InChI is InChI=1S/C6H13S/c1-3-6(4-2)5-7/h3,6-7H,4-5H2,1-2H3. The van der Waals surface area contributed by atoms with Crippen LogP contribution in [-0.2, 0) is 0 Å². The van der Waals surface area contributed by atoms with Crippen LogP contribution >= 0.6 is 12.6 Å². The summed E-state index contributed by atoms with van der Waals surface area (Å²) in [6.07, 6.45) is 3.42. The van der Waals surface area contributed by atoms with Gasteiger partial charge in [0.1, 0.15) is 0 Å². The van der Waals surface area contributed by atoms with Crippen LogP contribution < -0.4 is 0 Å². The van der Waals surface area contributed by atoms with Gasteiger partial charge in [-0.05, 0) is 18.1 Å². The topological polar surface area (TPSA) is 0 Å². The van der Waals surface area contributed by atoms with Crippen molar-refractivity contribution in [3.63, 3.8) is 0 Å². The molecule has 0 aromatic heterocycles. The first-order chi connectivity index (χ1) is 3.35. The van der Waals surface area contributed by atoms with Crippen molar-refractivity contribution in [3.8, 4) is 0 Å². The molecule has 43 valence electrons. The maximum atomic E-state index is 4.14. The highest BCUT2D eigenvalue weighted by atomic mass is 32.1. The van der Waals surface area contributed by atoms with E-state index in [2.05, 4.69) is 32.9 Å². The Morgan fingerprint density at radius 1 is 1.71 bits per heavy atom. The fourth-order valence-electron chi connectivity index (χ4n) is 0.470. The zero-order chi connectivity index (χ0) is 5.70. The monoisotopic (exact) mass is 117 g/mol. The number of thiol groups is 1. The lowest BCUT2D eigenvalue weighted by atomic mass is 10.1. The predicted octanol–water partition coefficient (Wildman–Crippen LogP) is 2.17. The lowest BCUT2D eigenvalue weighted by Crippen LogP contribution is -1.97. The molecule has 0 bridgehead atoms. The second-order valence-corrected chi connectivity index (χ2v) is 2.05. The van der Waals surface area contributed by atoms with E-state index in [1.54, 1.807) is 0 Å². The van der Waals surface area contributed by atoms with Gasteiger partial charge in [-0.3, -0.25) is 0 Å². The van der Waals surface area contributed by atoms with Crippen molar-refractivity contribution in [2.45, 2.75) is 20.3 Å². The van der Waals surface area contributed by atoms with E-state index in [1.807, 2.05) is 0 Å². The molecule has 0 heterocycles. The van der Waals surface area contributed by atoms with Gasteiger partial charge in [-0.1, -0.05) is 20.3 Å². The van der Waals surface area contributed by atoms with Crippen molar-refractivity contribution in [2.75, 3.05) is 5.75 Å². The molecule has 1 radical (unpaired) electrons. The van der Waals surface area contributed by atoms with E-state index in [0.717, 1.165) is 11.7 Å². The van der Waals surface area contributed by atoms with Crippen LogP contribution in [0, 0.1) is 12.3 Å². The molecular weight excluding hydrogens is 104 g/mol. The van der Waals surface area contributed by atoms with Crippen LogP contribution in [0.4, 0.5) is 0 Å². The zero-order valence-electron chi connectivity index (χ0n) is 5.02. The highest BCUT2D eigenvalue weighted by Crippen LogP contribution is 2.06. The summed E-state index contributed by atoms with van der Waals surface area (Å²) in [6.45, 7) is 4.27. The van der Waals surface area contributed by atoms with Crippen LogP contribution in [0.15, 0.2) is 0 Å². The maximum Gasteiger partial charge on any atom is -0.00670 e. The van der Waals surface area contributed by atoms with Crippen LogP contribution in [-0.4, -0.2) is 5.75 Å². The van der Waals surface area contributed by atoms with E-state index in [1.165, 1.54) is 6.42 Å². The minimum absolute atomic E-state index is 0.725. The third-order valence-electron chi connectivity index (χ3n) is 1.23. The average molecular weight is 117 g/mol. The van der Waals surface area contributed by atoms with E-state index < -0.39 is 0 Å². The lowest BCUT2D eigenvalue weighted by Gasteiger charge is -2.04. The smallest absolute Gasteiger partial charge is 0.00670 e. The summed E-state index contributed by atoms with van der Waals surface area (Å²) < 4.78 is 0. The van der Waals surface area contributed by atoms with Crippen molar-refractivity contribution in [1.82, 2.24) is 0 Å². The SMILES string of the molecule is C[CH]C(CC)CS. The molecule has 0 amide bonds. The van der Waals surface area contributed by atoms with Crippen molar-refractivity contribution >= 4 is 12.6 Å². The molecule has 0 aromatic rings. The van der Waals surface area contributed by atoms with Crippen LogP contribution in [0.2, 0.25) is 0 Å². The lowest BCUT2D eigenvalue weighted by molar-refractivity contribution is 0.661. The average Bonchev–Trinajstić information content (AvgIpc) is 1.72. The van der Waals surface area contributed by atoms with Gasteiger partial charge in [0, 0.05) is 0 Å². The minimum atomic E-state index is 0.725. The summed E-state index contributed by atoms with van der Waals surface area (Å²) in [5.74, 6) is 1.72. The third-order valence-corrected chi connectivity index (χ3v) is 1.70. The Labute approximate surface area is 51.7 Å². The second-order valence-electron chi connectivity index (χ2n) is 1.68. The van der Waals surface area contributed by atoms with Gasteiger partial charge in [-0.2, -0.15) is 12.6 Å². The van der Waals surface area contributed by atoms with E-state index in [-0.39, 0.29) is 0 Å². The third kappa shape index (κ3) is 2.98. The number of hydrogen-bond acceptors (Lipinski definition) is 1. The molecule has 0 fully saturated rings. The quantitative estimate of drug-likeness (QED) is 0.538. The highest BCUT2D eigenvalue weighted by molar-refractivity contribution is 7.80. The van der Waals surface area contributed by atoms with E-state index in [9.17, 15) is 0 Å². The van der Waals surface area contributed by atoms with Crippen molar-refractivity contribution in [1.29, 1.82) is 0 Å². The molecule has 0 saturated heterocycles. The summed E-state index contributed by atoms with van der Waals surface area (Å²) >= 11 is 4.14. The molecule has 0 saturated carbocycles. The Hall–Kier alpha value is 0.350. The molecule has 0 aliphatic carbocycles. The fraction of sp³-hybridized carbons (Fsp3) is 0.833. The molecule has 7 heavy (non-hydrogen) atoms. The van der Waals surface area contributed by atoms with E-state index in [0.29, 0.717) is 0 Å². The van der Waals surface area contributed by atoms with E-state index in [4.69, 9.17) is 0 Å². The summed E-state index contributed by atoms with van der Waals surface area (Å²) in [4.78, 5) is 0. The van der Waals surface area contributed by atoms with Crippen molar-refractivity contribution in [3.05, 3.63) is 6.42 Å². The van der Waals surface area contributed by atoms with Gasteiger partial charge in [0.15, 0.2) is 0 Å². The molecule has 0 aliphatic heterocycles. The highest BCUT2D eigenvalue weighted by Gasteiger charge is 1.96. The molecule has 1 heteroatoms. The largest absolute Gasteiger partial charge is 0.179 e. The Morgan fingerprint density at radius 3 is 2.29 bits per heavy atom. The van der Waals surface area contributed by atoms with Gasteiger partial charge in [0.05, 0.1) is 0 Å². The summed E-state index contributed by atoms with van der Waals surface area (Å²) in [5, 5.41) is 0. The molecule has 1 atom stereocenters. The Morgan fingerprint density at radius 2 is 2.29 bits per heavy atom. The normalized spacial score (nSPS) is 10.3. The molecule has 0 N–H and O–H groups in total. The predicted molar refractivity (Wildman–Crippen MR) is 37.6 cm³/mol. The first-order valence-electron chi connectivity index (χ1n) is 2.75. The van der Waals surface area contributed by atoms with Gasteiger partial charge in [-0.25, -0.2) is 0 Å². The van der Waals surface area contributed by atoms with Gasteiger partial charge in [0.25, 0.3) is 0 Å². The minimum Gasteiger partial charge on any atom is -0.179 e. The van der Waals surface area contributed by atoms with E-state index >= 15 is 0 Å². The first-order valence-corrected chi connectivity index (χ1v) is 3.38. The van der Waals surface area contributed by atoms with Gasteiger partial charge >= 0.3 is 0 Å². The van der Waals surface area contributed by atoms with Crippen LogP contribution in [0.5, 0.6) is 0 Å². The Balaban J connectivity index is 2.99. The molecule has 0 spiro atoms. The molecule has 0 aliphatic rings. The van der Waals surface area contributed by atoms with Crippen molar-refractivity contribution in [2.24, 2.45) is 5.92 Å². The number of rotatable bonds is 3. The second kappa shape index (κ2) is 4.51. The summed E-state index contributed by atoms with van der Waals surface area (Å²) in [7, 11) is 0. The van der Waals surface area contributed by atoms with Crippen LogP contribution in [0.1, 0.15) is 20.3 Å². The zero-order valence-corrected chi connectivity index (χ0v) is 5.91. The van der Waals surface area contributed by atoms with Crippen LogP contribution in [0.25, 0.3) is 0 Å². The first kappa shape index (κ1) is 7.35.